The van der Waals surface area contributed by atoms with Gasteiger partial charge in [-0.25, -0.2) is 4.79 Å². The summed E-state index contributed by atoms with van der Waals surface area (Å²) in [6, 6.07) is 3.34. The van der Waals surface area contributed by atoms with Crippen molar-refractivity contribution >= 4 is 29.0 Å². The number of carbonyl (C=O) groups excluding carboxylic acids is 3. The molecule has 1 heterocycles. The van der Waals surface area contributed by atoms with Crippen LogP contribution in [0.2, 0.25) is 0 Å². The molecule has 108 valence electrons. The number of hydrogen-bond acceptors (Lipinski definition) is 5. The van der Waals surface area contributed by atoms with Crippen molar-refractivity contribution in [2.45, 2.75) is 38.6 Å². The van der Waals surface area contributed by atoms with Crippen molar-refractivity contribution in [1.29, 1.82) is 0 Å². The standard InChI is InChI=1S/C14H17NO4S/c1-9(16)11-6-7-12(20-11)14(18)19-8-13(17)15-10-4-2-3-5-10/h6-7,10H,2-5,8H2,1H3,(H,15,17). The van der Waals surface area contributed by atoms with Gasteiger partial charge in [0.1, 0.15) is 4.88 Å². The largest absolute Gasteiger partial charge is 0.451 e. The summed E-state index contributed by atoms with van der Waals surface area (Å²) in [7, 11) is 0. The Bertz CT molecular complexity index is 517. The van der Waals surface area contributed by atoms with Gasteiger partial charge in [-0.05, 0) is 31.9 Å². The highest BCUT2D eigenvalue weighted by Gasteiger charge is 2.19. The number of ether oxygens (including phenoxy) is 1. The quantitative estimate of drug-likeness (QED) is 0.667. The second kappa shape index (κ2) is 6.65. The lowest BCUT2D eigenvalue weighted by molar-refractivity contribution is -0.124. The first-order valence-electron chi connectivity index (χ1n) is 6.63. The third-order valence-electron chi connectivity index (χ3n) is 3.21. The summed E-state index contributed by atoms with van der Waals surface area (Å²) in [6.45, 7) is 1.17. The molecule has 0 unspecified atom stereocenters. The van der Waals surface area contributed by atoms with E-state index in [1.165, 1.54) is 6.92 Å². The summed E-state index contributed by atoms with van der Waals surface area (Å²) in [4.78, 5) is 35.3. The summed E-state index contributed by atoms with van der Waals surface area (Å²) < 4.78 is 4.94. The minimum Gasteiger partial charge on any atom is -0.451 e. The van der Waals surface area contributed by atoms with E-state index in [0.717, 1.165) is 37.0 Å². The van der Waals surface area contributed by atoms with Crippen molar-refractivity contribution in [1.82, 2.24) is 5.32 Å². The van der Waals surface area contributed by atoms with Crippen LogP contribution in [0, 0.1) is 0 Å². The number of Topliss-reactive ketones (excluding diaryl/α,β-unsaturated/α-hetero) is 1. The van der Waals surface area contributed by atoms with E-state index in [2.05, 4.69) is 5.32 Å². The number of esters is 1. The first-order valence-corrected chi connectivity index (χ1v) is 7.45. The van der Waals surface area contributed by atoms with E-state index in [4.69, 9.17) is 4.74 Å². The maximum Gasteiger partial charge on any atom is 0.348 e. The van der Waals surface area contributed by atoms with Crippen molar-refractivity contribution in [2.24, 2.45) is 0 Å². The number of thiophene rings is 1. The summed E-state index contributed by atoms with van der Waals surface area (Å²) in [5, 5.41) is 2.84. The maximum absolute atomic E-state index is 11.7. The molecule has 5 nitrogen and oxygen atoms in total. The molecular weight excluding hydrogens is 278 g/mol. The highest BCUT2D eigenvalue weighted by Crippen LogP contribution is 2.18. The van der Waals surface area contributed by atoms with E-state index < -0.39 is 5.97 Å². The predicted molar refractivity (Wildman–Crippen MR) is 75.0 cm³/mol. The van der Waals surface area contributed by atoms with Crippen LogP contribution >= 0.6 is 11.3 Å². The van der Waals surface area contributed by atoms with Gasteiger partial charge >= 0.3 is 5.97 Å². The van der Waals surface area contributed by atoms with Crippen LogP contribution in [0.5, 0.6) is 0 Å². The monoisotopic (exact) mass is 295 g/mol. The van der Waals surface area contributed by atoms with Crippen LogP contribution in [0.3, 0.4) is 0 Å². The minimum atomic E-state index is -0.566. The Morgan fingerprint density at radius 3 is 2.50 bits per heavy atom. The van der Waals surface area contributed by atoms with Crippen LogP contribution in [-0.4, -0.2) is 30.3 Å². The van der Waals surface area contributed by atoms with E-state index in [1.807, 2.05) is 0 Å². The molecule has 0 aliphatic heterocycles. The van der Waals surface area contributed by atoms with Crippen LogP contribution in [0.15, 0.2) is 12.1 Å². The van der Waals surface area contributed by atoms with Crippen molar-refractivity contribution in [3.63, 3.8) is 0 Å². The van der Waals surface area contributed by atoms with E-state index in [9.17, 15) is 14.4 Å². The van der Waals surface area contributed by atoms with Crippen LogP contribution in [0.1, 0.15) is 52.0 Å². The molecule has 1 saturated carbocycles. The van der Waals surface area contributed by atoms with Gasteiger partial charge in [-0.1, -0.05) is 12.8 Å². The van der Waals surface area contributed by atoms with Gasteiger partial charge < -0.3 is 10.1 Å². The Labute approximate surface area is 121 Å². The molecule has 1 aromatic rings. The number of amides is 1. The number of carbonyl (C=O) groups is 3. The van der Waals surface area contributed by atoms with E-state index in [1.54, 1.807) is 12.1 Å². The smallest absolute Gasteiger partial charge is 0.348 e. The average Bonchev–Trinajstić information content (AvgIpc) is 3.06. The molecule has 0 aromatic carbocycles. The maximum atomic E-state index is 11.7. The first-order chi connectivity index (χ1) is 9.56. The summed E-state index contributed by atoms with van der Waals surface area (Å²) >= 11 is 1.08. The van der Waals surface area contributed by atoms with Gasteiger partial charge in [0.05, 0.1) is 4.88 Å². The van der Waals surface area contributed by atoms with Crippen LogP contribution in [0.4, 0.5) is 0 Å². The third kappa shape index (κ3) is 3.90. The molecular formula is C14H17NO4S. The second-order valence-corrected chi connectivity index (χ2v) is 5.93. The van der Waals surface area contributed by atoms with Gasteiger partial charge in [0.15, 0.2) is 12.4 Å². The van der Waals surface area contributed by atoms with E-state index in [-0.39, 0.29) is 24.3 Å². The summed E-state index contributed by atoms with van der Waals surface area (Å²) in [5.74, 6) is -0.925. The Balaban J connectivity index is 1.78. The fraction of sp³-hybridized carbons (Fsp3) is 0.500. The van der Waals surface area contributed by atoms with Crippen molar-refractivity contribution in [3.05, 3.63) is 21.9 Å². The topological polar surface area (TPSA) is 72.5 Å². The third-order valence-corrected chi connectivity index (χ3v) is 4.37. The van der Waals surface area contributed by atoms with Crippen LogP contribution in [0.25, 0.3) is 0 Å². The zero-order chi connectivity index (χ0) is 14.5. The minimum absolute atomic E-state index is 0.0898. The Morgan fingerprint density at radius 2 is 1.90 bits per heavy atom. The Morgan fingerprint density at radius 1 is 1.25 bits per heavy atom. The normalized spacial score (nSPS) is 15.1. The van der Waals surface area contributed by atoms with Gasteiger partial charge in [-0.3, -0.25) is 9.59 Å². The van der Waals surface area contributed by atoms with Crippen molar-refractivity contribution < 1.29 is 19.1 Å². The Hall–Kier alpha value is -1.69. The number of hydrogen-bond donors (Lipinski definition) is 1. The SMILES string of the molecule is CC(=O)c1ccc(C(=O)OCC(=O)NC2CCCC2)s1. The van der Waals surface area contributed by atoms with Gasteiger partial charge in [0, 0.05) is 6.04 Å². The molecule has 2 rings (SSSR count). The van der Waals surface area contributed by atoms with Gasteiger partial charge in [-0.15, -0.1) is 11.3 Å². The molecule has 1 aromatic heterocycles. The molecule has 1 amide bonds. The zero-order valence-electron chi connectivity index (χ0n) is 11.3. The molecule has 20 heavy (non-hydrogen) atoms. The lowest BCUT2D eigenvalue weighted by Gasteiger charge is -2.11. The molecule has 0 spiro atoms. The molecule has 0 bridgehead atoms. The van der Waals surface area contributed by atoms with E-state index in [0.29, 0.717) is 9.75 Å². The molecule has 1 aliphatic rings. The molecule has 6 heteroatoms. The lowest BCUT2D eigenvalue weighted by atomic mass is 10.2. The van der Waals surface area contributed by atoms with Crippen LogP contribution in [-0.2, 0) is 9.53 Å². The first kappa shape index (κ1) is 14.7. The number of rotatable bonds is 5. The second-order valence-electron chi connectivity index (χ2n) is 4.85. The van der Waals surface area contributed by atoms with Gasteiger partial charge in [-0.2, -0.15) is 0 Å². The van der Waals surface area contributed by atoms with Crippen molar-refractivity contribution in [3.8, 4) is 0 Å². The highest BCUT2D eigenvalue weighted by atomic mass is 32.1. The van der Waals surface area contributed by atoms with Gasteiger partial charge in [0.25, 0.3) is 5.91 Å². The fourth-order valence-corrected chi connectivity index (χ4v) is 2.97. The number of nitrogens with one attached hydrogen (secondary N) is 1. The van der Waals surface area contributed by atoms with Crippen molar-refractivity contribution in [2.75, 3.05) is 6.61 Å². The Kier molecular flexibility index (Phi) is 4.89. The molecule has 0 radical (unpaired) electrons. The molecule has 1 N–H and O–H groups in total. The molecule has 0 saturated heterocycles. The lowest BCUT2D eigenvalue weighted by Crippen LogP contribution is -2.35. The predicted octanol–water partition coefficient (Wildman–Crippen LogP) is 2.17. The number of ketones is 1. The van der Waals surface area contributed by atoms with Gasteiger partial charge in [0.2, 0.25) is 0 Å². The van der Waals surface area contributed by atoms with Crippen LogP contribution < -0.4 is 5.32 Å². The van der Waals surface area contributed by atoms with E-state index >= 15 is 0 Å². The summed E-state index contributed by atoms with van der Waals surface area (Å²) in [6.07, 6.45) is 4.25. The average molecular weight is 295 g/mol. The summed E-state index contributed by atoms with van der Waals surface area (Å²) in [5.41, 5.74) is 0. The molecule has 1 fully saturated rings. The highest BCUT2D eigenvalue weighted by molar-refractivity contribution is 7.15. The molecule has 1 aliphatic carbocycles. The fourth-order valence-electron chi connectivity index (χ4n) is 2.18. The zero-order valence-corrected chi connectivity index (χ0v) is 12.1. The molecule has 0 atom stereocenters.